The van der Waals surface area contributed by atoms with Crippen molar-refractivity contribution in [2.45, 2.75) is 39.5 Å². The fourth-order valence-corrected chi connectivity index (χ4v) is 3.31. The van der Waals surface area contributed by atoms with Crippen molar-refractivity contribution in [1.82, 2.24) is 19.6 Å². The monoisotopic (exact) mass is 350 g/mol. The van der Waals surface area contributed by atoms with Crippen molar-refractivity contribution in [3.8, 4) is 0 Å². The van der Waals surface area contributed by atoms with E-state index < -0.39 is 0 Å². The van der Waals surface area contributed by atoms with Crippen molar-refractivity contribution in [3.05, 3.63) is 47.0 Å². The summed E-state index contributed by atoms with van der Waals surface area (Å²) in [6, 6.07) is 4.13. The molecule has 0 atom stereocenters. The number of anilines is 2. The van der Waals surface area contributed by atoms with Crippen LogP contribution in [-0.2, 0) is 4.79 Å². The van der Waals surface area contributed by atoms with Gasteiger partial charge in [0.25, 0.3) is 0 Å². The Balaban J connectivity index is 1.47. The molecule has 2 aromatic heterocycles. The van der Waals surface area contributed by atoms with Gasteiger partial charge in [-0.15, -0.1) is 10.2 Å². The fraction of sp³-hybridized carbons (Fsp3) is 0.368. The Bertz CT molecular complexity index is 966. The number of carbonyl (C=O) groups excluding carboxylic acids is 1. The maximum atomic E-state index is 12.4. The van der Waals surface area contributed by atoms with Crippen LogP contribution in [0, 0.1) is 20.8 Å². The summed E-state index contributed by atoms with van der Waals surface area (Å²) >= 11 is 0. The molecule has 0 spiro atoms. The van der Waals surface area contributed by atoms with Crippen LogP contribution in [0.5, 0.6) is 0 Å². The maximum absolute atomic E-state index is 12.4. The van der Waals surface area contributed by atoms with Crippen molar-refractivity contribution in [3.63, 3.8) is 0 Å². The molecule has 4 rings (SSSR count). The third kappa shape index (κ3) is 3.12. The van der Waals surface area contributed by atoms with Crippen LogP contribution in [0.2, 0.25) is 0 Å². The lowest BCUT2D eigenvalue weighted by molar-refractivity contribution is -0.114. The SMILES string of the molecule is Cc1cc(C)c(NC(=O)CNc2nccn3c(C4CC4)nnc23)c(C)c1. The smallest absolute Gasteiger partial charge is 0.243 e. The highest BCUT2D eigenvalue weighted by Gasteiger charge is 2.29. The van der Waals surface area contributed by atoms with Gasteiger partial charge in [0, 0.05) is 24.0 Å². The van der Waals surface area contributed by atoms with Crippen LogP contribution in [0.3, 0.4) is 0 Å². The van der Waals surface area contributed by atoms with Gasteiger partial charge in [-0.1, -0.05) is 17.7 Å². The van der Waals surface area contributed by atoms with Crippen molar-refractivity contribution >= 4 is 23.1 Å². The second-order valence-electron chi connectivity index (χ2n) is 6.98. The molecule has 1 fully saturated rings. The molecule has 3 aromatic rings. The zero-order valence-corrected chi connectivity index (χ0v) is 15.2. The summed E-state index contributed by atoms with van der Waals surface area (Å²) in [5.41, 5.74) is 4.83. The number of hydrogen-bond donors (Lipinski definition) is 2. The second-order valence-corrected chi connectivity index (χ2v) is 6.98. The number of carbonyl (C=O) groups is 1. The highest BCUT2D eigenvalue weighted by atomic mass is 16.1. The first-order valence-corrected chi connectivity index (χ1v) is 8.84. The van der Waals surface area contributed by atoms with E-state index in [1.807, 2.05) is 31.4 Å². The zero-order valence-electron chi connectivity index (χ0n) is 15.2. The molecule has 2 heterocycles. The summed E-state index contributed by atoms with van der Waals surface area (Å²) in [4.78, 5) is 16.7. The van der Waals surface area contributed by atoms with Crippen LogP contribution < -0.4 is 10.6 Å². The molecule has 1 amide bonds. The first kappa shape index (κ1) is 16.5. The van der Waals surface area contributed by atoms with Crippen LogP contribution in [0.4, 0.5) is 11.5 Å². The van der Waals surface area contributed by atoms with Gasteiger partial charge >= 0.3 is 0 Å². The molecule has 1 aliphatic rings. The lowest BCUT2D eigenvalue weighted by Gasteiger charge is -2.13. The van der Waals surface area contributed by atoms with Crippen LogP contribution in [0.15, 0.2) is 24.5 Å². The minimum atomic E-state index is -0.120. The quantitative estimate of drug-likeness (QED) is 0.739. The Morgan fingerprint density at radius 1 is 1.19 bits per heavy atom. The molecule has 0 radical (unpaired) electrons. The molecule has 1 saturated carbocycles. The summed E-state index contributed by atoms with van der Waals surface area (Å²) in [5, 5.41) is 14.6. The predicted octanol–water partition coefficient (Wildman–Crippen LogP) is 2.98. The summed E-state index contributed by atoms with van der Waals surface area (Å²) < 4.78 is 1.96. The number of hydrogen-bond acceptors (Lipinski definition) is 5. The van der Waals surface area contributed by atoms with E-state index in [0.29, 0.717) is 17.4 Å². The van der Waals surface area contributed by atoms with Gasteiger partial charge in [0.05, 0.1) is 6.54 Å². The fourth-order valence-electron chi connectivity index (χ4n) is 3.31. The number of rotatable bonds is 5. The molecule has 0 saturated heterocycles. The number of aryl methyl sites for hydroxylation is 3. The van der Waals surface area contributed by atoms with Crippen LogP contribution >= 0.6 is 0 Å². The minimum absolute atomic E-state index is 0.116. The van der Waals surface area contributed by atoms with E-state index in [0.717, 1.165) is 35.5 Å². The Hall–Kier alpha value is -2.96. The average molecular weight is 350 g/mol. The average Bonchev–Trinajstić information content (AvgIpc) is 3.35. The first-order valence-electron chi connectivity index (χ1n) is 8.84. The van der Waals surface area contributed by atoms with Crippen LogP contribution in [0.25, 0.3) is 5.65 Å². The molecular weight excluding hydrogens is 328 g/mol. The van der Waals surface area contributed by atoms with Gasteiger partial charge in [0.15, 0.2) is 5.82 Å². The summed E-state index contributed by atoms with van der Waals surface area (Å²) in [6.07, 6.45) is 5.89. The number of nitrogens with zero attached hydrogens (tertiary/aromatic N) is 4. The van der Waals surface area contributed by atoms with E-state index in [1.165, 1.54) is 5.56 Å². The highest BCUT2D eigenvalue weighted by Crippen LogP contribution is 2.39. The maximum Gasteiger partial charge on any atom is 0.243 e. The van der Waals surface area contributed by atoms with E-state index in [4.69, 9.17) is 0 Å². The van der Waals surface area contributed by atoms with Gasteiger partial charge in [-0.2, -0.15) is 0 Å². The van der Waals surface area contributed by atoms with E-state index in [9.17, 15) is 4.79 Å². The van der Waals surface area contributed by atoms with E-state index >= 15 is 0 Å². The Morgan fingerprint density at radius 2 is 1.92 bits per heavy atom. The predicted molar refractivity (Wildman–Crippen MR) is 101 cm³/mol. The number of amides is 1. The second kappa shape index (κ2) is 6.40. The number of benzene rings is 1. The molecule has 2 N–H and O–H groups in total. The number of aromatic nitrogens is 4. The molecular formula is C19H22N6O. The van der Waals surface area contributed by atoms with Crippen molar-refractivity contribution in [1.29, 1.82) is 0 Å². The molecule has 7 nitrogen and oxygen atoms in total. The third-order valence-corrected chi connectivity index (χ3v) is 4.65. The van der Waals surface area contributed by atoms with Gasteiger partial charge in [0.2, 0.25) is 11.6 Å². The molecule has 26 heavy (non-hydrogen) atoms. The molecule has 1 aromatic carbocycles. The Kier molecular flexibility index (Phi) is 4.06. The van der Waals surface area contributed by atoms with Crippen molar-refractivity contribution in [2.75, 3.05) is 17.2 Å². The number of nitrogens with one attached hydrogen (secondary N) is 2. The Labute approximate surface area is 151 Å². The first-order chi connectivity index (χ1) is 12.5. The summed E-state index contributed by atoms with van der Waals surface area (Å²) in [6.45, 7) is 6.17. The molecule has 0 unspecified atom stereocenters. The largest absolute Gasteiger partial charge is 0.358 e. The highest BCUT2D eigenvalue weighted by molar-refractivity contribution is 5.95. The lowest BCUT2D eigenvalue weighted by atomic mass is 10.1. The van der Waals surface area contributed by atoms with Gasteiger partial charge < -0.3 is 10.6 Å². The van der Waals surface area contributed by atoms with Gasteiger partial charge in [-0.05, 0) is 44.7 Å². The molecule has 134 valence electrons. The van der Waals surface area contributed by atoms with Crippen molar-refractivity contribution < 1.29 is 4.79 Å². The molecule has 0 bridgehead atoms. The van der Waals surface area contributed by atoms with E-state index in [1.54, 1.807) is 6.20 Å². The molecule has 1 aliphatic carbocycles. The normalized spacial score (nSPS) is 13.8. The van der Waals surface area contributed by atoms with Crippen molar-refractivity contribution in [2.24, 2.45) is 0 Å². The van der Waals surface area contributed by atoms with E-state index in [2.05, 4.69) is 37.9 Å². The standard InChI is InChI=1S/C19H22N6O/c1-11-8-12(2)16(13(3)9-11)22-15(26)10-21-17-19-24-23-18(14-4-5-14)25(19)7-6-20-17/h6-9,14H,4-5,10H2,1-3H3,(H,20,21)(H,22,26). The van der Waals surface area contributed by atoms with E-state index in [-0.39, 0.29) is 12.5 Å². The summed E-state index contributed by atoms with van der Waals surface area (Å²) in [7, 11) is 0. The molecule has 0 aliphatic heterocycles. The number of fused-ring (bicyclic) bond motifs is 1. The van der Waals surface area contributed by atoms with Gasteiger partial charge in [-0.3, -0.25) is 9.20 Å². The zero-order chi connectivity index (χ0) is 18.3. The van der Waals surface area contributed by atoms with Gasteiger partial charge in [-0.25, -0.2) is 4.98 Å². The van der Waals surface area contributed by atoms with Gasteiger partial charge in [0.1, 0.15) is 5.82 Å². The third-order valence-electron chi connectivity index (χ3n) is 4.65. The molecule has 7 heteroatoms. The topological polar surface area (TPSA) is 84.2 Å². The Morgan fingerprint density at radius 3 is 2.62 bits per heavy atom. The summed E-state index contributed by atoms with van der Waals surface area (Å²) in [5.74, 6) is 1.92. The minimum Gasteiger partial charge on any atom is -0.358 e. The van der Waals surface area contributed by atoms with Crippen LogP contribution in [0.1, 0.15) is 41.3 Å². The van der Waals surface area contributed by atoms with Crippen LogP contribution in [-0.4, -0.2) is 32.0 Å². The lowest BCUT2D eigenvalue weighted by Crippen LogP contribution is -2.23.